The van der Waals surface area contributed by atoms with Crippen LogP contribution in [0.25, 0.3) is 31.9 Å². The number of aromatic nitrogens is 7. The van der Waals surface area contributed by atoms with Crippen LogP contribution in [-0.4, -0.2) is 34.9 Å². The van der Waals surface area contributed by atoms with E-state index in [4.69, 9.17) is 4.99 Å². The van der Waals surface area contributed by atoms with Crippen LogP contribution in [0.4, 0.5) is 17.5 Å². The minimum absolute atomic E-state index is 0.550. The van der Waals surface area contributed by atoms with Gasteiger partial charge in [-0.1, -0.05) is 0 Å². The molecular weight excluding hydrogens is 442 g/mol. The second-order valence-electron chi connectivity index (χ2n) is 6.75. The van der Waals surface area contributed by atoms with Crippen molar-refractivity contribution in [3.05, 3.63) is 71.9 Å². The Morgan fingerprint density at radius 2 is 1.56 bits per heavy atom. The number of hydrogen-bond donors (Lipinski definition) is 4. The molecule has 0 saturated carbocycles. The van der Waals surface area contributed by atoms with Crippen molar-refractivity contribution in [2.75, 3.05) is 5.32 Å². The van der Waals surface area contributed by atoms with Gasteiger partial charge in [0.15, 0.2) is 5.49 Å². The van der Waals surface area contributed by atoms with Crippen LogP contribution in [0.2, 0.25) is 0 Å². The van der Waals surface area contributed by atoms with E-state index in [0.29, 0.717) is 17.1 Å². The van der Waals surface area contributed by atoms with Gasteiger partial charge in [-0.15, -0.1) is 22.7 Å². The summed E-state index contributed by atoms with van der Waals surface area (Å²) in [6.07, 6.45) is 12.6. The fourth-order valence-corrected chi connectivity index (χ4v) is 4.76. The molecule has 11 heteroatoms. The lowest BCUT2D eigenvalue weighted by Crippen LogP contribution is -2.03. The molecule has 0 saturated heterocycles. The summed E-state index contributed by atoms with van der Waals surface area (Å²) in [4.78, 5) is 32.2. The minimum Gasteiger partial charge on any atom is -0.366 e. The van der Waals surface area contributed by atoms with Crippen LogP contribution in [0.5, 0.6) is 0 Å². The summed E-state index contributed by atoms with van der Waals surface area (Å²) < 4.78 is 0. The molecule has 6 aromatic heterocycles. The highest BCUT2D eigenvalue weighted by atomic mass is 32.1. The van der Waals surface area contributed by atoms with Gasteiger partial charge in [-0.05, 0) is 12.1 Å². The zero-order valence-electron chi connectivity index (χ0n) is 16.4. The summed E-state index contributed by atoms with van der Waals surface area (Å²) in [7, 11) is 0. The van der Waals surface area contributed by atoms with Crippen LogP contribution >= 0.6 is 22.7 Å². The summed E-state index contributed by atoms with van der Waals surface area (Å²) in [5, 5.41) is 10.8. The number of nitrogens with zero attached hydrogens (tertiary/aromatic N) is 5. The van der Waals surface area contributed by atoms with Gasteiger partial charge >= 0.3 is 0 Å². The average Bonchev–Trinajstić information content (AvgIpc) is 3.61. The first-order valence-corrected chi connectivity index (χ1v) is 11.4. The van der Waals surface area contributed by atoms with Gasteiger partial charge in [0, 0.05) is 58.7 Å². The van der Waals surface area contributed by atoms with Crippen molar-refractivity contribution in [2.24, 2.45) is 4.99 Å². The Labute approximate surface area is 189 Å². The van der Waals surface area contributed by atoms with Crippen LogP contribution in [0.1, 0.15) is 0 Å². The van der Waals surface area contributed by atoms with Crippen LogP contribution in [-0.2, 0) is 0 Å². The molecule has 0 spiro atoms. The predicted molar refractivity (Wildman–Crippen MR) is 126 cm³/mol. The topological polar surface area (TPSA) is 123 Å². The summed E-state index contributed by atoms with van der Waals surface area (Å²) in [6.45, 7) is 0. The molecule has 6 heterocycles. The number of rotatable bonds is 5. The third-order valence-corrected chi connectivity index (χ3v) is 6.48. The summed E-state index contributed by atoms with van der Waals surface area (Å²) >= 11 is 3.15. The van der Waals surface area contributed by atoms with Gasteiger partial charge in [-0.3, -0.25) is 0 Å². The van der Waals surface area contributed by atoms with Crippen molar-refractivity contribution < 1.29 is 0 Å². The number of anilines is 2. The molecule has 6 aromatic rings. The maximum atomic E-state index is 4.79. The highest BCUT2D eigenvalue weighted by Gasteiger charge is 2.13. The highest BCUT2D eigenvalue weighted by molar-refractivity contribution is 7.13. The van der Waals surface area contributed by atoms with Gasteiger partial charge in [0.05, 0.1) is 11.1 Å². The molecule has 0 atom stereocenters. The number of hydrogen-bond acceptors (Lipinski definition) is 8. The molecule has 0 aromatic carbocycles. The van der Waals surface area contributed by atoms with E-state index in [1.54, 1.807) is 35.1 Å². The number of thiazole rings is 2. The van der Waals surface area contributed by atoms with E-state index in [0.717, 1.165) is 37.7 Å². The van der Waals surface area contributed by atoms with Crippen molar-refractivity contribution in [1.82, 2.24) is 34.9 Å². The van der Waals surface area contributed by atoms with Crippen molar-refractivity contribution in [3.63, 3.8) is 0 Å². The molecule has 156 valence electrons. The average molecular weight is 458 g/mol. The Kier molecular flexibility index (Phi) is 4.59. The molecule has 6 rings (SSSR count). The molecule has 0 aliphatic rings. The van der Waals surface area contributed by atoms with Crippen molar-refractivity contribution >= 4 is 50.9 Å². The van der Waals surface area contributed by atoms with Gasteiger partial charge in [0.1, 0.15) is 33.8 Å². The second-order valence-corrected chi connectivity index (χ2v) is 8.54. The third-order valence-electron chi connectivity index (χ3n) is 4.87. The lowest BCUT2D eigenvalue weighted by molar-refractivity contribution is 1.12. The first-order chi connectivity index (χ1) is 15.9. The van der Waals surface area contributed by atoms with Gasteiger partial charge < -0.3 is 20.3 Å². The Balaban J connectivity index is 1.45. The van der Waals surface area contributed by atoms with Crippen LogP contribution in [0, 0.1) is 0 Å². The first kappa shape index (κ1) is 18.7. The van der Waals surface area contributed by atoms with E-state index in [-0.39, 0.29) is 0 Å². The third kappa shape index (κ3) is 3.29. The van der Waals surface area contributed by atoms with Crippen molar-refractivity contribution in [3.8, 4) is 21.1 Å². The van der Waals surface area contributed by atoms with E-state index in [9.17, 15) is 0 Å². The van der Waals surface area contributed by atoms with Gasteiger partial charge in [-0.25, -0.2) is 24.9 Å². The van der Waals surface area contributed by atoms with E-state index >= 15 is 0 Å². The zero-order valence-corrected chi connectivity index (χ0v) is 18.0. The van der Waals surface area contributed by atoms with Crippen LogP contribution in [0.3, 0.4) is 0 Å². The van der Waals surface area contributed by atoms with Crippen LogP contribution < -0.4 is 10.8 Å². The SMILES string of the molecule is c1csc(-c2cc[nH]c2/N=c2\ncnc(Nc3[nH]ccc3-c3nccs3)c3c[nH]cc23)n1. The Bertz CT molecular complexity index is 1560. The molecule has 0 radical (unpaired) electrons. The predicted octanol–water partition coefficient (Wildman–Crippen LogP) is 4.84. The monoisotopic (exact) mass is 457 g/mol. The lowest BCUT2D eigenvalue weighted by Gasteiger charge is -2.04. The quantitative estimate of drug-likeness (QED) is 0.295. The van der Waals surface area contributed by atoms with E-state index in [1.807, 2.05) is 47.7 Å². The number of nitrogens with one attached hydrogen (secondary N) is 4. The molecule has 0 aliphatic heterocycles. The Morgan fingerprint density at radius 3 is 2.38 bits per heavy atom. The van der Waals surface area contributed by atoms with Gasteiger partial charge in [-0.2, -0.15) is 0 Å². The fourth-order valence-electron chi connectivity index (χ4n) is 3.43. The molecule has 0 bridgehead atoms. The van der Waals surface area contributed by atoms with E-state index < -0.39 is 0 Å². The molecular formula is C21H15N9S2. The smallest absolute Gasteiger partial charge is 0.165 e. The maximum Gasteiger partial charge on any atom is 0.165 e. The van der Waals surface area contributed by atoms with E-state index in [1.165, 1.54) is 6.33 Å². The second kappa shape index (κ2) is 7.87. The minimum atomic E-state index is 0.550. The standard InChI is InChI=1S/C21H15N9S2/c1-3-23-16(12(1)20-25-5-7-31-20)29-18-14-9-22-10-15(14)19(28-11-27-18)30-17-13(2-4-24-17)21-26-6-8-32-21/h1-11,22-24H,(H,27,28,29,30). The molecule has 32 heavy (non-hydrogen) atoms. The highest BCUT2D eigenvalue weighted by Crippen LogP contribution is 2.32. The zero-order chi connectivity index (χ0) is 21.3. The van der Waals surface area contributed by atoms with Gasteiger partial charge in [0.25, 0.3) is 0 Å². The molecule has 0 fully saturated rings. The van der Waals surface area contributed by atoms with Crippen LogP contribution in [0.15, 0.2) is 71.4 Å². The number of fused-ring (bicyclic) bond motifs is 1. The lowest BCUT2D eigenvalue weighted by atomic mass is 10.3. The fraction of sp³-hybridized carbons (Fsp3) is 0. The molecule has 0 aliphatic carbocycles. The molecule has 0 amide bonds. The van der Waals surface area contributed by atoms with Crippen molar-refractivity contribution in [1.29, 1.82) is 0 Å². The summed E-state index contributed by atoms with van der Waals surface area (Å²) in [5.41, 5.74) is 2.46. The Morgan fingerprint density at radius 1 is 0.812 bits per heavy atom. The maximum absolute atomic E-state index is 4.79. The Hall–Kier alpha value is -4.09. The normalized spacial score (nSPS) is 11.9. The first-order valence-electron chi connectivity index (χ1n) is 9.65. The van der Waals surface area contributed by atoms with E-state index in [2.05, 4.69) is 40.2 Å². The largest absolute Gasteiger partial charge is 0.366 e. The number of H-pyrrole nitrogens is 3. The molecule has 9 nitrogen and oxygen atoms in total. The molecule has 0 unspecified atom stereocenters. The van der Waals surface area contributed by atoms with Gasteiger partial charge in [0.2, 0.25) is 0 Å². The molecule has 4 N–H and O–H groups in total. The summed E-state index contributed by atoms with van der Waals surface area (Å²) in [6, 6.07) is 3.95. The summed E-state index contributed by atoms with van der Waals surface area (Å²) in [5.74, 6) is 2.17. The van der Waals surface area contributed by atoms with Crippen molar-refractivity contribution in [2.45, 2.75) is 0 Å². The number of aromatic amines is 3.